The highest BCUT2D eigenvalue weighted by atomic mass is 16.5. The van der Waals surface area contributed by atoms with Crippen LogP contribution >= 0.6 is 0 Å². The van der Waals surface area contributed by atoms with Crippen molar-refractivity contribution < 1.29 is 19.0 Å². The van der Waals surface area contributed by atoms with Crippen LogP contribution in [-0.4, -0.2) is 28.8 Å². The maximum Gasteiger partial charge on any atom is 0.189 e. The van der Waals surface area contributed by atoms with Gasteiger partial charge in [0.15, 0.2) is 17.3 Å². The molecular weight excluding hydrogens is 404 g/mol. The van der Waals surface area contributed by atoms with E-state index in [0.717, 1.165) is 40.6 Å². The second-order valence-electron chi connectivity index (χ2n) is 7.19. The number of aryl methyl sites for hydroxylation is 2. The average molecular weight is 435 g/mol. The first kappa shape index (κ1) is 23.1. The fraction of sp³-hybridized carbons (Fsp3) is 0.308. The van der Waals surface area contributed by atoms with Gasteiger partial charge in [-0.1, -0.05) is 24.3 Å². The molecule has 32 heavy (non-hydrogen) atoms. The Morgan fingerprint density at radius 3 is 2.34 bits per heavy atom. The summed E-state index contributed by atoms with van der Waals surface area (Å²) in [6.07, 6.45) is 5.17. The molecule has 1 aromatic heterocycles. The molecule has 0 aliphatic heterocycles. The van der Waals surface area contributed by atoms with Gasteiger partial charge in [0.1, 0.15) is 12.4 Å². The number of ketones is 1. The van der Waals surface area contributed by atoms with Crippen LogP contribution in [0.4, 0.5) is 0 Å². The normalized spacial score (nSPS) is 11.0. The molecule has 168 valence electrons. The van der Waals surface area contributed by atoms with Crippen LogP contribution in [0.25, 0.3) is 6.08 Å². The van der Waals surface area contributed by atoms with Gasteiger partial charge in [-0.25, -0.2) is 0 Å². The van der Waals surface area contributed by atoms with Crippen LogP contribution in [0.2, 0.25) is 0 Å². The van der Waals surface area contributed by atoms with Crippen molar-refractivity contribution in [2.24, 2.45) is 0 Å². The van der Waals surface area contributed by atoms with Gasteiger partial charge in [0.2, 0.25) is 0 Å². The van der Waals surface area contributed by atoms with Gasteiger partial charge in [-0.05, 0) is 69.2 Å². The van der Waals surface area contributed by atoms with Gasteiger partial charge < -0.3 is 14.2 Å². The lowest BCUT2D eigenvalue weighted by Gasteiger charge is -2.13. The Kier molecular flexibility index (Phi) is 8.08. The van der Waals surface area contributed by atoms with E-state index in [2.05, 4.69) is 5.10 Å². The number of nitrogens with zero attached hydrogens (tertiary/aromatic N) is 2. The van der Waals surface area contributed by atoms with Gasteiger partial charge in [-0.2, -0.15) is 5.10 Å². The zero-order valence-corrected chi connectivity index (χ0v) is 19.1. The van der Waals surface area contributed by atoms with Crippen molar-refractivity contribution in [3.63, 3.8) is 0 Å². The molecule has 0 atom stereocenters. The summed E-state index contributed by atoms with van der Waals surface area (Å²) >= 11 is 0. The first-order chi connectivity index (χ1) is 15.5. The van der Waals surface area contributed by atoms with E-state index in [1.165, 1.54) is 0 Å². The number of allylic oxidation sites excluding steroid dienone is 1. The Bertz CT molecular complexity index is 1070. The molecule has 0 saturated carbocycles. The van der Waals surface area contributed by atoms with Crippen LogP contribution in [0, 0.1) is 6.92 Å². The quantitative estimate of drug-likeness (QED) is 0.295. The van der Waals surface area contributed by atoms with Crippen LogP contribution in [0.5, 0.6) is 17.2 Å². The fourth-order valence-electron chi connectivity index (χ4n) is 3.21. The molecule has 0 fully saturated rings. The van der Waals surface area contributed by atoms with Crippen LogP contribution in [0.1, 0.15) is 48.0 Å². The van der Waals surface area contributed by atoms with Crippen molar-refractivity contribution in [2.75, 3.05) is 13.2 Å². The average Bonchev–Trinajstić information content (AvgIpc) is 3.19. The molecule has 0 radical (unpaired) electrons. The number of carbonyl (C=O) groups is 1. The smallest absolute Gasteiger partial charge is 0.189 e. The number of carbonyl (C=O) groups excluding carboxylic acids is 1. The Morgan fingerprint density at radius 2 is 1.69 bits per heavy atom. The first-order valence-corrected chi connectivity index (χ1v) is 10.9. The number of aromatic nitrogens is 2. The summed E-state index contributed by atoms with van der Waals surface area (Å²) in [4.78, 5) is 12.4. The Morgan fingerprint density at radius 1 is 0.969 bits per heavy atom. The largest absolute Gasteiger partial charge is 0.490 e. The standard InChI is InChI=1S/C26H30N2O4/c1-5-28-17-23(19(4)27-28)24(29)14-10-20-8-12-22(13-9-20)32-18-21-11-15-25(30-6-2)26(16-21)31-7-3/h8-17H,5-7,18H2,1-4H3/b14-10+. The third-order valence-corrected chi connectivity index (χ3v) is 4.86. The summed E-state index contributed by atoms with van der Waals surface area (Å²) in [6, 6.07) is 13.4. The molecule has 0 saturated heterocycles. The van der Waals surface area contributed by atoms with E-state index in [1.54, 1.807) is 23.0 Å². The molecule has 0 N–H and O–H groups in total. The molecule has 2 aromatic carbocycles. The lowest BCUT2D eigenvalue weighted by Crippen LogP contribution is -2.01. The van der Waals surface area contributed by atoms with Crippen LogP contribution < -0.4 is 14.2 Å². The SMILES string of the molecule is CCOc1ccc(COc2ccc(/C=C/C(=O)c3cn(CC)nc3C)cc2)cc1OCC. The summed E-state index contributed by atoms with van der Waals surface area (Å²) in [5.41, 5.74) is 3.29. The van der Waals surface area contributed by atoms with E-state index in [0.29, 0.717) is 25.4 Å². The highest BCUT2D eigenvalue weighted by molar-refractivity contribution is 6.07. The molecule has 0 unspecified atom stereocenters. The zero-order valence-electron chi connectivity index (χ0n) is 19.1. The Balaban J connectivity index is 1.60. The Hall–Kier alpha value is -3.54. The molecule has 0 aliphatic carbocycles. The first-order valence-electron chi connectivity index (χ1n) is 10.9. The number of hydrogen-bond acceptors (Lipinski definition) is 5. The van der Waals surface area contributed by atoms with E-state index in [1.807, 2.05) is 70.2 Å². The lowest BCUT2D eigenvalue weighted by atomic mass is 10.1. The highest BCUT2D eigenvalue weighted by Crippen LogP contribution is 2.29. The fourth-order valence-corrected chi connectivity index (χ4v) is 3.21. The molecule has 0 aliphatic rings. The van der Waals surface area contributed by atoms with Crippen LogP contribution in [0.3, 0.4) is 0 Å². The van der Waals surface area contributed by atoms with Crippen molar-refractivity contribution in [3.8, 4) is 17.2 Å². The van der Waals surface area contributed by atoms with Crippen LogP contribution in [0.15, 0.2) is 54.7 Å². The van der Waals surface area contributed by atoms with Gasteiger partial charge in [0.05, 0.1) is 24.5 Å². The maximum atomic E-state index is 12.4. The van der Waals surface area contributed by atoms with Gasteiger partial charge in [0, 0.05) is 12.7 Å². The number of rotatable bonds is 11. The van der Waals surface area contributed by atoms with E-state index in [-0.39, 0.29) is 5.78 Å². The molecule has 6 nitrogen and oxygen atoms in total. The molecule has 6 heteroatoms. The number of benzene rings is 2. The zero-order chi connectivity index (χ0) is 22.9. The Labute approximate surface area is 189 Å². The van der Waals surface area contributed by atoms with Crippen molar-refractivity contribution in [3.05, 3.63) is 77.1 Å². The minimum absolute atomic E-state index is 0.0527. The van der Waals surface area contributed by atoms with Crippen molar-refractivity contribution in [1.82, 2.24) is 9.78 Å². The van der Waals surface area contributed by atoms with E-state index in [4.69, 9.17) is 14.2 Å². The summed E-state index contributed by atoms with van der Waals surface area (Å²) < 4.78 is 18.9. The minimum atomic E-state index is -0.0527. The van der Waals surface area contributed by atoms with E-state index >= 15 is 0 Å². The molecule has 1 heterocycles. The molecule has 0 spiro atoms. The molecule has 0 amide bonds. The number of ether oxygens (including phenoxy) is 3. The topological polar surface area (TPSA) is 62.6 Å². The molecule has 3 aromatic rings. The van der Waals surface area contributed by atoms with Crippen LogP contribution in [-0.2, 0) is 13.2 Å². The lowest BCUT2D eigenvalue weighted by molar-refractivity contribution is 0.104. The summed E-state index contributed by atoms with van der Waals surface area (Å²) in [7, 11) is 0. The molecular formula is C26H30N2O4. The molecule has 0 bridgehead atoms. The van der Waals surface area contributed by atoms with Crippen molar-refractivity contribution in [1.29, 1.82) is 0 Å². The van der Waals surface area contributed by atoms with Gasteiger partial charge in [-0.15, -0.1) is 0 Å². The summed E-state index contributed by atoms with van der Waals surface area (Å²) in [6.45, 7) is 10.1. The van der Waals surface area contributed by atoms with Gasteiger partial charge >= 0.3 is 0 Å². The predicted octanol–water partition coefficient (Wildman–Crippen LogP) is 5.48. The number of hydrogen-bond donors (Lipinski definition) is 0. The van der Waals surface area contributed by atoms with Crippen molar-refractivity contribution in [2.45, 2.75) is 40.8 Å². The summed E-state index contributed by atoms with van der Waals surface area (Å²) in [5.74, 6) is 2.16. The highest BCUT2D eigenvalue weighted by Gasteiger charge is 2.10. The van der Waals surface area contributed by atoms with E-state index < -0.39 is 0 Å². The van der Waals surface area contributed by atoms with Gasteiger partial charge in [-0.3, -0.25) is 9.48 Å². The second-order valence-corrected chi connectivity index (χ2v) is 7.19. The summed E-state index contributed by atoms with van der Waals surface area (Å²) in [5, 5.41) is 4.32. The minimum Gasteiger partial charge on any atom is -0.490 e. The maximum absolute atomic E-state index is 12.4. The van der Waals surface area contributed by atoms with E-state index in [9.17, 15) is 4.79 Å². The third-order valence-electron chi connectivity index (χ3n) is 4.86. The van der Waals surface area contributed by atoms with Crippen molar-refractivity contribution >= 4 is 11.9 Å². The predicted molar refractivity (Wildman–Crippen MR) is 126 cm³/mol. The second kappa shape index (κ2) is 11.2. The molecule has 3 rings (SSSR count). The van der Waals surface area contributed by atoms with Gasteiger partial charge in [0.25, 0.3) is 0 Å². The monoisotopic (exact) mass is 434 g/mol. The third kappa shape index (κ3) is 6.00.